The molecule has 1 atom stereocenters. The van der Waals surface area contributed by atoms with Gasteiger partial charge in [-0.05, 0) is 42.5 Å². The van der Waals surface area contributed by atoms with E-state index >= 15 is 0 Å². The molecule has 3 aromatic rings. The van der Waals surface area contributed by atoms with Crippen molar-refractivity contribution in [3.63, 3.8) is 0 Å². The number of hydrogen-bond acceptors (Lipinski definition) is 4. The van der Waals surface area contributed by atoms with Crippen LogP contribution in [0.2, 0.25) is 0 Å². The summed E-state index contributed by atoms with van der Waals surface area (Å²) in [6.07, 6.45) is 2.85. The molecule has 0 aromatic carbocycles. The second-order valence-corrected chi connectivity index (χ2v) is 6.71. The summed E-state index contributed by atoms with van der Waals surface area (Å²) in [5, 5.41) is 2.17. The first-order valence-corrected chi connectivity index (χ1v) is 8.38. The molecule has 0 radical (unpaired) electrons. The van der Waals surface area contributed by atoms with Crippen LogP contribution in [0.15, 0.2) is 46.7 Å². The molecule has 0 unspecified atom stereocenters. The zero-order chi connectivity index (χ0) is 15.1. The molecule has 4 heterocycles. The molecule has 3 aromatic heterocycles. The Kier molecular flexibility index (Phi) is 3.32. The molecule has 0 N–H and O–H groups in total. The van der Waals surface area contributed by atoms with Crippen molar-refractivity contribution in [2.75, 3.05) is 6.54 Å². The van der Waals surface area contributed by atoms with Crippen molar-refractivity contribution >= 4 is 17.0 Å². The van der Waals surface area contributed by atoms with Gasteiger partial charge in [0.2, 0.25) is 0 Å². The zero-order valence-corrected chi connectivity index (χ0v) is 13.2. The van der Waals surface area contributed by atoms with Crippen LogP contribution in [0.25, 0.3) is 5.65 Å². The quantitative estimate of drug-likeness (QED) is 0.730. The van der Waals surface area contributed by atoms with E-state index in [0.717, 1.165) is 25.2 Å². The van der Waals surface area contributed by atoms with E-state index in [0.29, 0.717) is 11.7 Å². The van der Waals surface area contributed by atoms with Crippen molar-refractivity contribution in [1.82, 2.24) is 14.3 Å². The Morgan fingerprint density at radius 1 is 1.36 bits per heavy atom. The van der Waals surface area contributed by atoms with Crippen LogP contribution in [-0.4, -0.2) is 20.8 Å². The van der Waals surface area contributed by atoms with Crippen LogP contribution in [0.3, 0.4) is 0 Å². The molecular formula is C17H17N3OS. The molecule has 4 nitrogen and oxygen atoms in total. The summed E-state index contributed by atoms with van der Waals surface area (Å²) in [7, 11) is 0. The Bertz CT molecular complexity index is 883. The lowest BCUT2D eigenvalue weighted by Crippen LogP contribution is -2.33. The van der Waals surface area contributed by atoms with E-state index in [1.54, 1.807) is 16.7 Å². The van der Waals surface area contributed by atoms with Crippen LogP contribution < -0.4 is 5.56 Å². The summed E-state index contributed by atoms with van der Waals surface area (Å²) >= 11 is 1.85. The average molecular weight is 311 g/mol. The number of thiophene rings is 1. The van der Waals surface area contributed by atoms with E-state index in [-0.39, 0.29) is 5.56 Å². The van der Waals surface area contributed by atoms with Crippen LogP contribution in [0, 0.1) is 0 Å². The third-order valence-corrected chi connectivity index (χ3v) is 5.39. The van der Waals surface area contributed by atoms with Crippen LogP contribution >= 0.6 is 11.3 Å². The molecule has 0 fully saturated rings. The molecule has 22 heavy (non-hydrogen) atoms. The number of pyridine rings is 1. The second kappa shape index (κ2) is 5.34. The fraction of sp³-hybridized carbons (Fsp3) is 0.294. The highest BCUT2D eigenvalue weighted by atomic mass is 32.1. The molecule has 0 saturated heterocycles. The second-order valence-electron chi connectivity index (χ2n) is 5.71. The maximum absolute atomic E-state index is 12.2. The molecule has 112 valence electrons. The summed E-state index contributed by atoms with van der Waals surface area (Å²) in [5.74, 6) is 0. The van der Waals surface area contributed by atoms with E-state index in [1.165, 1.54) is 10.4 Å². The summed E-state index contributed by atoms with van der Waals surface area (Å²) in [4.78, 5) is 20.7. The van der Waals surface area contributed by atoms with E-state index in [2.05, 4.69) is 28.3 Å². The van der Waals surface area contributed by atoms with Crippen LogP contribution in [0.1, 0.15) is 29.1 Å². The molecule has 0 bridgehead atoms. The SMILES string of the molecule is C[C@@H]1c2ccsc2CCN1Cc1cc(=O)n2ccccc2n1. The van der Waals surface area contributed by atoms with Crippen LogP contribution in [-0.2, 0) is 13.0 Å². The minimum absolute atomic E-state index is 0.0125. The minimum Gasteiger partial charge on any atom is -0.290 e. The van der Waals surface area contributed by atoms with E-state index in [1.807, 2.05) is 29.5 Å². The molecule has 0 aliphatic carbocycles. The summed E-state index contributed by atoms with van der Waals surface area (Å²) in [6, 6.07) is 9.89. The van der Waals surface area contributed by atoms with Gasteiger partial charge in [0.1, 0.15) is 5.65 Å². The van der Waals surface area contributed by atoms with Crippen LogP contribution in [0.5, 0.6) is 0 Å². The number of nitrogens with zero attached hydrogens (tertiary/aromatic N) is 3. The van der Waals surface area contributed by atoms with Gasteiger partial charge in [-0.2, -0.15) is 0 Å². The molecule has 0 saturated carbocycles. The first-order chi connectivity index (χ1) is 10.7. The van der Waals surface area contributed by atoms with Crippen molar-refractivity contribution in [1.29, 1.82) is 0 Å². The van der Waals surface area contributed by atoms with Crippen molar-refractivity contribution in [3.05, 3.63) is 68.4 Å². The molecule has 1 aliphatic rings. The molecule has 0 amide bonds. The standard InChI is InChI=1S/C17H17N3OS/c1-12-14-6-9-22-15(14)5-8-19(12)11-13-10-17(21)20-7-3-2-4-16(20)18-13/h2-4,6-7,9-10,12H,5,8,11H2,1H3/t12-/m1/s1. The Balaban J connectivity index is 1.66. The largest absolute Gasteiger partial charge is 0.290 e. The monoisotopic (exact) mass is 311 g/mol. The number of hydrogen-bond donors (Lipinski definition) is 0. The lowest BCUT2D eigenvalue weighted by Gasteiger charge is -2.33. The van der Waals surface area contributed by atoms with Gasteiger partial charge in [-0.1, -0.05) is 6.07 Å². The highest BCUT2D eigenvalue weighted by molar-refractivity contribution is 7.10. The summed E-state index contributed by atoms with van der Waals surface area (Å²) in [5.41, 5.74) is 2.97. The maximum Gasteiger partial charge on any atom is 0.258 e. The first kappa shape index (κ1) is 13.7. The predicted octanol–water partition coefficient (Wildman–Crippen LogP) is 2.88. The summed E-state index contributed by atoms with van der Waals surface area (Å²) in [6.45, 7) is 3.97. The summed E-state index contributed by atoms with van der Waals surface area (Å²) < 4.78 is 1.58. The van der Waals surface area contributed by atoms with E-state index in [4.69, 9.17) is 0 Å². The normalized spacial score (nSPS) is 18.5. The van der Waals surface area contributed by atoms with Gasteiger partial charge >= 0.3 is 0 Å². The van der Waals surface area contributed by atoms with E-state index < -0.39 is 0 Å². The zero-order valence-electron chi connectivity index (χ0n) is 12.4. The van der Waals surface area contributed by atoms with Gasteiger partial charge in [-0.15, -0.1) is 11.3 Å². The Hall–Kier alpha value is -1.98. The minimum atomic E-state index is -0.0125. The lowest BCUT2D eigenvalue weighted by molar-refractivity contribution is 0.189. The van der Waals surface area contributed by atoms with Crippen LogP contribution in [0.4, 0.5) is 0 Å². The smallest absolute Gasteiger partial charge is 0.258 e. The molecule has 0 spiro atoms. The van der Waals surface area contributed by atoms with Gasteiger partial charge < -0.3 is 0 Å². The van der Waals surface area contributed by atoms with Crippen molar-refractivity contribution in [2.45, 2.75) is 25.9 Å². The van der Waals surface area contributed by atoms with Gasteiger partial charge in [-0.25, -0.2) is 4.98 Å². The van der Waals surface area contributed by atoms with Gasteiger partial charge in [0.05, 0.1) is 5.69 Å². The fourth-order valence-corrected chi connectivity index (χ4v) is 4.13. The topological polar surface area (TPSA) is 37.6 Å². The number of rotatable bonds is 2. The third kappa shape index (κ3) is 2.26. The van der Waals surface area contributed by atoms with Gasteiger partial charge in [-0.3, -0.25) is 14.1 Å². The molecular weight excluding hydrogens is 294 g/mol. The van der Waals surface area contributed by atoms with E-state index in [9.17, 15) is 4.79 Å². The lowest BCUT2D eigenvalue weighted by atomic mass is 10.0. The van der Waals surface area contributed by atoms with Gasteiger partial charge in [0.25, 0.3) is 5.56 Å². The average Bonchev–Trinajstić information content (AvgIpc) is 3.00. The first-order valence-electron chi connectivity index (χ1n) is 7.50. The Morgan fingerprint density at radius 2 is 2.27 bits per heavy atom. The number of fused-ring (bicyclic) bond motifs is 2. The van der Waals surface area contributed by atoms with Crippen molar-refractivity contribution < 1.29 is 0 Å². The Morgan fingerprint density at radius 3 is 3.18 bits per heavy atom. The molecule has 1 aliphatic heterocycles. The number of aromatic nitrogens is 2. The maximum atomic E-state index is 12.2. The highest BCUT2D eigenvalue weighted by Gasteiger charge is 2.25. The third-order valence-electron chi connectivity index (χ3n) is 4.39. The molecule has 5 heteroatoms. The van der Waals surface area contributed by atoms with Crippen molar-refractivity contribution in [3.8, 4) is 0 Å². The fourth-order valence-electron chi connectivity index (χ4n) is 3.17. The predicted molar refractivity (Wildman–Crippen MR) is 88.3 cm³/mol. The van der Waals surface area contributed by atoms with Crippen molar-refractivity contribution in [2.24, 2.45) is 0 Å². The molecule has 4 rings (SSSR count). The highest BCUT2D eigenvalue weighted by Crippen LogP contribution is 2.33. The van der Waals surface area contributed by atoms with Gasteiger partial charge in [0, 0.05) is 36.3 Å². The van der Waals surface area contributed by atoms with Gasteiger partial charge in [0.15, 0.2) is 0 Å². The Labute approximate surface area is 132 Å².